The maximum atomic E-state index is 10.3. The average Bonchev–Trinajstić information content (AvgIpc) is 3.11. The molecule has 2 N–H and O–H groups in total. The highest BCUT2D eigenvalue weighted by molar-refractivity contribution is 7.11. The molecule has 1 aromatic carbocycles. The first-order chi connectivity index (χ1) is 11.0. The predicted octanol–water partition coefficient (Wildman–Crippen LogP) is 4.82. The molecule has 120 valence electrons. The Kier molecular flexibility index (Phi) is 4.41. The van der Waals surface area contributed by atoms with Crippen LogP contribution in [0.1, 0.15) is 25.3 Å². The van der Waals surface area contributed by atoms with Crippen LogP contribution in [0.25, 0.3) is 16.8 Å². The van der Waals surface area contributed by atoms with E-state index in [1.165, 1.54) is 11.3 Å². The topological polar surface area (TPSA) is 60.2 Å². The molecule has 0 saturated carbocycles. The highest BCUT2D eigenvalue weighted by Crippen LogP contribution is 2.33. The quantitative estimate of drug-likeness (QED) is 0.833. The number of halogens is 1. The standard InChI is InChI=1S/C17H18ClN3OS/c1-3-10(2)21-8-14(22)15(16(21)19)17-20-13(9-23-17)11-5-4-6-12(18)7-11/h4-7,9-10,19,22H,3,8H2,1-2H3. The van der Waals surface area contributed by atoms with Crippen LogP contribution in [0.4, 0.5) is 0 Å². The Balaban J connectivity index is 1.91. The zero-order valence-electron chi connectivity index (χ0n) is 13.0. The van der Waals surface area contributed by atoms with Crippen LogP contribution >= 0.6 is 22.9 Å². The van der Waals surface area contributed by atoms with E-state index in [1.807, 2.05) is 34.5 Å². The van der Waals surface area contributed by atoms with Crippen molar-refractivity contribution in [3.8, 4) is 11.3 Å². The van der Waals surface area contributed by atoms with Crippen molar-refractivity contribution in [2.75, 3.05) is 6.54 Å². The molecule has 0 fully saturated rings. The molecule has 0 bridgehead atoms. The third kappa shape index (κ3) is 2.99. The molecule has 6 heteroatoms. The molecule has 3 rings (SSSR count). The Morgan fingerprint density at radius 2 is 2.26 bits per heavy atom. The zero-order chi connectivity index (χ0) is 16.6. The lowest BCUT2D eigenvalue weighted by molar-refractivity contribution is 0.301. The van der Waals surface area contributed by atoms with Gasteiger partial charge in [0.15, 0.2) is 0 Å². The van der Waals surface area contributed by atoms with Crippen LogP contribution in [0.3, 0.4) is 0 Å². The maximum absolute atomic E-state index is 10.3. The van der Waals surface area contributed by atoms with Crippen LogP contribution in [0.15, 0.2) is 35.4 Å². The third-order valence-corrected chi connectivity index (χ3v) is 5.19. The molecule has 1 unspecified atom stereocenters. The molecule has 0 aliphatic carbocycles. The number of aliphatic hydroxyl groups excluding tert-OH is 1. The van der Waals surface area contributed by atoms with Crippen molar-refractivity contribution >= 4 is 34.3 Å². The van der Waals surface area contributed by atoms with Crippen LogP contribution in [-0.2, 0) is 0 Å². The number of nitrogens with zero attached hydrogens (tertiary/aromatic N) is 2. The van der Waals surface area contributed by atoms with E-state index in [9.17, 15) is 5.11 Å². The van der Waals surface area contributed by atoms with Gasteiger partial charge in [-0.3, -0.25) is 5.41 Å². The molecule has 2 heterocycles. The van der Waals surface area contributed by atoms with Gasteiger partial charge in [0.05, 0.1) is 17.8 Å². The summed E-state index contributed by atoms with van der Waals surface area (Å²) < 4.78 is 0. The van der Waals surface area contributed by atoms with Gasteiger partial charge >= 0.3 is 0 Å². The largest absolute Gasteiger partial charge is 0.510 e. The summed E-state index contributed by atoms with van der Waals surface area (Å²) in [6, 6.07) is 7.73. The van der Waals surface area contributed by atoms with Crippen molar-refractivity contribution in [2.24, 2.45) is 0 Å². The van der Waals surface area contributed by atoms with Crippen molar-refractivity contribution in [3.05, 3.63) is 45.4 Å². The smallest absolute Gasteiger partial charge is 0.135 e. The van der Waals surface area contributed by atoms with Gasteiger partial charge in [0.25, 0.3) is 0 Å². The number of benzene rings is 1. The fourth-order valence-corrected chi connectivity index (χ4v) is 3.68. The molecule has 1 aliphatic heterocycles. The van der Waals surface area contributed by atoms with E-state index in [-0.39, 0.29) is 11.8 Å². The second kappa shape index (κ2) is 6.34. The second-order valence-electron chi connectivity index (χ2n) is 5.60. The van der Waals surface area contributed by atoms with Crippen molar-refractivity contribution in [1.82, 2.24) is 9.88 Å². The molecule has 2 aromatic rings. The van der Waals surface area contributed by atoms with Gasteiger partial charge in [0, 0.05) is 22.0 Å². The molecule has 1 aromatic heterocycles. The first-order valence-electron chi connectivity index (χ1n) is 7.50. The van der Waals surface area contributed by atoms with E-state index >= 15 is 0 Å². The molecule has 0 radical (unpaired) electrons. The van der Waals surface area contributed by atoms with Gasteiger partial charge in [-0.25, -0.2) is 4.98 Å². The molecular weight excluding hydrogens is 330 g/mol. The molecule has 1 atom stereocenters. The van der Waals surface area contributed by atoms with Crippen LogP contribution in [0.2, 0.25) is 5.02 Å². The lowest BCUT2D eigenvalue weighted by Crippen LogP contribution is -2.34. The first-order valence-corrected chi connectivity index (χ1v) is 8.76. The van der Waals surface area contributed by atoms with E-state index in [4.69, 9.17) is 17.0 Å². The summed E-state index contributed by atoms with van der Waals surface area (Å²) in [5, 5.41) is 21.9. The molecule has 0 amide bonds. The number of hydrogen-bond acceptors (Lipinski definition) is 4. The van der Waals surface area contributed by atoms with E-state index in [0.717, 1.165) is 17.7 Å². The first kappa shape index (κ1) is 16.0. The lowest BCUT2D eigenvalue weighted by Gasteiger charge is -2.25. The number of thiazole rings is 1. The normalized spacial score (nSPS) is 16.3. The summed E-state index contributed by atoms with van der Waals surface area (Å²) in [5.74, 6) is 0.575. The van der Waals surface area contributed by atoms with Crippen LogP contribution < -0.4 is 0 Å². The van der Waals surface area contributed by atoms with Crippen LogP contribution in [0, 0.1) is 5.41 Å². The number of aliphatic hydroxyl groups is 1. The Hall–Kier alpha value is -1.85. The summed E-state index contributed by atoms with van der Waals surface area (Å²) in [6.45, 7) is 4.52. The van der Waals surface area contributed by atoms with Gasteiger partial charge in [-0.1, -0.05) is 30.7 Å². The minimum absolute atomic E-state index is 0.217. The minimum atomic E-state index is 0.217. The monoisotopic (exact) mass is 347 g/mol. The number of amidine groups is 1. The van der Waals surface area contributed by atoms with Crippen LogP contribution in [-0.4, -0.2) is 33.4 Å². The maximum Gasteiger partial charge on any atom is 0.135 e. The Labute approximate surface area is 144 Å². The third-order valence-electron chi connectivity index (χ3n) is 4.09. The van der Waals surface area contributed by atoms with Crippen molar-refractivity contribution in [3.63, 3.8) is 0 Å². The number of rotatable bonds is 4. The Bertz CT molecular complexity index is 784. The van der Waals surface area contributed by atoms with E-state index in [2.05, 4.69) is 18.8 Å². The van der Waals surface area contributed by atoms with Gasteiger partial charge in [-0.05, 0) is 25.5 Å². The minimum Gasteiger partial charge on any atom is -0.510 e. The fraction of sp³-hybridized carbons (Fsp3) is 0.294. The average molecular weight is 348 g/mol. The fourth-order valence-electron chi connectivity index (χ4n) is 2.59. The van der Waals surface area contributed by atoms with Crippen molar-refractivity contribution < 1.29 is 5.11 Å². The number of hydrogen-bond donors (Lipinski definition) is 2. The summed E-state index contributed by atoms with van der Waals surface area (Å²) in [5.41, 5.74) is 2.29. The highest BCUT2D eigenvalue weighted by atomic mass is 35.5. The van der Waals surface area contributed by atoms with Gasteiger partial charge in [0.1, 0.15) is 16.6 Å². The predicted molar refractivity (Wildman–Crippen MR) is 96.3 cm³/mol. The van der Waals surface area contributed by atoms with Crippen LogP contribution in [0.5, 0.6) is 0 Å². The number of nitrogens with one attached hydrogen (secondary N) is 1. The highest BCUT2D eigenvalue weighted by Gasteiger charge is 2.32. The number of aromatic nitrogens is 1. The molecule has 0 spiro atoms. The molecule has 1 aliphatic rings. The van der Waals surface area contributed by atoms with Gasteiger partial charge < -0.3 is 10.0 Å². The molecule has 4 nitrogen and oxygen atoms in total. The summed E-state index contributed by atoms with van der Waals surface area (Å²) in [6.07, 6.45) is 0.925. The molecule has 23 heavy (non-hydrogen) atoms. The summed E-state index contributed by atoms with van der Waals surface area (Å²) >= 11 is 7.47. The van der Waals surface area contributed by atoms with Gasteiger partial charge in [0.2, 0.25) is 0 Å². The Morgan fingerprint density at radius 1 is 1.48 bits per heavy atom. The summed E-state index contributed by atoms with van der Waals surface area (Å²) in [4.78, 5) is 6.51. The Morgan fingerprint density at radius 3 is 2.96 bits per heavy atom. The summed E-state index contributed by atoms with van der Waals surface area (Å²) in [7, 11) is 0. The zero-order valence-corrected chi connectivity index (χ0v) is 14.6. The second-order valence-corrected chi connectivity index (χ2v) is 6.90. The van der Waals surface area contributed by atoms with E-state index in [1.54, 1.807) is 0 Å². The van der Waals surface area contributed by atoms with Gasteiger partial charge in [-0.2, -0.15) is 0 Å². The SMILES string of the molecule is CCC(C)N1CC(O)=C(c2nc(-c3cccc(Cl)c3)cs2)C1=N. The lowest BCUT2D eigenvalue weighted by atomic mass is 10.2. The molecular formula is C17H18ClN3OS. The van der Waals surface area contributed by atoms with Crippen molar-refractivity contribution in [2.45, 2.75) is 26.3 Å². The van der Waals surface area contributed by atoms with Gasteiger partial charge in [-0.15, -0.1) is 11.3 Å². The van der Waals surface area contributed by atoms with Crippen molar-refractivity contribution in [1.29, 1.82) is 5.41 Å². The van der Waals surface area contributed by atoms with E-state index in [0.29, 0.717) is 28.0 Å². The molecule has 0 saturated heterocycles. The van der Waals surface area contributed by atoms with E-state index < -0.39 is 0 Å².